The van der Waals surface area contributed by atoms with Crippen molar-refractivity contribution >= 4 is 12.2 Å². The summed E-state index contributed by atoms with van der Waals surface area (Å²) in [7, 11) is 3.25. The number of amides is 2. The van der Waals surface area contributed by atoms with Gasteiger partial charge in [0.2, 0.25) is 0 Å². The first kappa shape index (κ1) is 9.17. The number of rotatable bonds is 2. The molecule has 1 rings (SSSR count). The summed E-state index contributed by atoms with van der Waals surface area (Å²) in [6.45, 7) is 0. The predicted molar refractivity (Wildman–Crippen MR) is 46.2 cm³/mol. The van der Waals surface area contributed by atoms with E-state index in [-0.39, 0.29) is 6.03 Å². The molecule has 0 atom stereocenters. The normalized spacial score (nSPS) is 10.3. The monoisotopic (exact) mass is 182 g/mol. The smallest absolute Gasteiger partial charge is 0.334 e. The lowest BCUT2D eigenvalue weighted by Crippen LogP contribution is -2.28. The zero-order chi connectivity index (χ0) is 9.68. The molecule has 0 saturated heterocycles. The molecule has 7 heteroatoms. The van der Waals surface area contributed by atoms with Crippen molar-refractivity contribution in [3.8, 4) is 0 Å². The number of hydrazone groups is 1. The van der Waals surface area contributed by atoms with Gasteiger partial charge < -0.3 is 5.32 Å². The summed E-state index contributed by atoms with van der Waals surface area (Å²) in [5.74, 6) is 0. The lowest BCUT2D eigenvalue weighted by molar-refractivity contribution is 0.243. The van der Waals surface area contributed by atoms with Crippen molar-refractivity contribution in [2.24, 2.45) is 12.1 Å². The van der Waals surface area contributed by atoms with Gasteiger partial charge in [0, 0.05) is 14.1 Å². The lowest BCUT2D eigenvalue weighted by Gasteiger charge is -1.93. The van der Waals surface area contributed by atoms with Crippen molar-refractivity contribution in [2.75, 3.05) is 7.05 Å². The van der Waals surface area contributed by atoms with E-state index < -0.39 is 0 Å². The van der Waals surface area contributed by atoms with Crippen LogP contribution in [0.3, 0.4) is 0 Å². The van der Waals surface area contributed by atoms with Crippen LogP contribution in [-0.2, 0) is 7.05 Å². The number of aryl methyl sites for hydroxylation is 1. The summed E-state index contributed by atoms with van der Waals surface area (Å²) < 4.78 is 1.54. The van der Waals surface area contributed by atoms with Gasteiger partial charge in [0.1, 0.15) is 5.69 Å². The average Bonchev–Trinajstić information content (AvgIpc) is 2.51. The summed E-state index contributed by atoms with van der Waals surface area (Å²) in [4.78, 5) is 10.6. The highest BCUT2D eigenvalue weighted by molar-refractivity contribution is 5.79. The van der Waals surface area contributed by atoms with E-state index in [1.54, 1.807) is 17.9 Å². The molecule has 0 fully saturated rings. The van der Waals surface area contributed by atoms with Crippen LogP contribution in [0.1, 0.15) is 5.69 Å². The first-order valence-corrected chi connectivity index (χ1v) is 3.59. The fourth-order valence-electron chi connectivity index (χ4n) is 0.637. The molecule has 0 aliphatic heterocycles. The van der Waals surface area contributed by atoms with Crippen molar-refractivity contribution in [3.05, 3.63) is 11.9 Å². The molecule has 2 N–H and O–H groups in total. The number of aromatic nitrogens is 3. The van der Waals surface area contributed by atoms with E-state index >= 15 is 0 Å². The molecule has 1 aromatic rings. The molecule has 1 heterocycles. The van der Waals surface area contributed by atoms with Crippen LogP contribution in [0.15, 0.2) is 11.3 Å². The van der Waals surface area contributed by atoms with Crippen LogP contribution < -0.4 is 10.7 Å². The standard InChI is InChI=1S/C6H10N6O/c1-7-6(13)10-8-3-5-4-12(2)11-9-5/h3-4H,1-2H3,(H2,7,10,13)/b8-3+. The van der Waals surface area contributed by atoms with E-state index in [2.05, 4.69) is 26.2 Å². The second kappa shape index (κ2) is 4.19. The van der Waals surface area contributed by atoms with Gasteiger partial charge in [-0.05, 0) is 0 Å². The molecular formula is C6H10N6O. The van der Waals surface area contributed by atoms with E-state index in [4.69, 9.17) is 0 Å². The summed E-state index contributed by atoms with van der Waals surface area (Å²) in [6, 6.07) is -0.375. The Bertz CT molecular complexity index is 317. The number of carbonyl (C=O) groups is 1. The number of hydrogen-bond donors (Lipinski definition) is 2. The molecule has 0 unspecified atom stereocenters. The Hall–Kier alpha value is -1.92. The highest BCUT2D eigenvalue weighted by atomic mass is 16.2. The summed E-state index contributed by atoms with van der Waals surface area (Å²) in [6.07, 6.45) is 3.08. The van der Waals surface area contributed by atoms with E-state index in [1.165, 1.54) is 13.3 Å². The third-order valence-electron chi connectivity index (χ3n) is 1.21. The number of carbonyl (C=O) groups excluding carboxylic acids is 1. The number of nitrogens with one attached hydrogen (secondary N) is 2. The van der Waals surface area contributed by atoms with Gasteiger partial charge in [-0.3, -0.25) is 4.68 Å². The van der Waals surface area contributed by atoms with Crippen molar-refractivity contribution in [3.63, 3.8) is 0 Å². The molecule has 0 radical (unpaired) electrons. The van der Waals surface area contributed by atoms with Crippen LogP contribution in [-0.4, -0.2) is 34.3 Å². The lowest BCUT2D eigenvalue weighted by atomic mass is 10.5. The Morgan fingerprint density at radius 3 is 3.08 bits per heavy atom. The molecule has 0 aromatic carbocycles. The molecule has 2 amide bonds. The Kier molecular flexibility index (Phi) is 2.96. The van der Waals surface area contributed by atoms with E-state index in [0.29, 0.717) is 5.69 Å². The van der Waals surface area contributed by atoms with Gasteiger partial charge in [-0.2, -0.15) is 5.10 Å². The third-order valence-corrected chi connectivity index (χ3v) is 1.21. The van der Waals surface area contributed by atoms with Crippen LogP contribution in [0.25, 0.3) is 0 Å². The van der Waals surface area contributed by atoms with Gasteiger partial charge in [0.05, 0.1) is 12.4 Å². The molecule has 1 aromatic heterocycles. The highest BCUT2D eigenvalue weighted by Crippen LogP contribution is 1.84. The molecule has 0 spiro atoms. The summed E-state index contributed by atoms with van der Waals surface area (Å²) in [5.41, 5.74) is 2.81. The van der Waals surface area contributed by atoms with Crippen LogP contribution in [0.2, 0.25) is 0 Å². The van der Waals surface area contributed by atoms with Crippen molar-refractivity contribution in [1.82, 2.24) is 25.7 Å². The number of hydrogen-bond acceptors (Lipinski definition) is 4. The van der Waals surface area contributed by atoms with Gasteiger partial charge in [-0.25, -0.2) is 10.2 Å². The minimum absolute atomic E-state index is 0.375. The SMILES string of the molecule is CNC(=O)N/N=C/c1cn(C)nn1. The van der Waals surface area contributed by atoms with E-state index in [0.717, 1.165) is 0 Å². The molecule has 0 bridgehead atoms. The Morgan fingerprint density at radius 1 is 1.77 bits per heavy atom. The van der Waals surface area contributed by atoms with Gasteiger partial charge in [-0.15, -0.1) is 5.10 Å². The van der Waals surface area contributed by atoms with Gasteiger partial charge in [0.25, 0.3) is 0 Å². The van der Waals surface area contributed by atoms with Gasteiger partial charge >= 0.3 is 6.03 Å². The minimum Gasteiger partial charge on any atom is -0.340 e. The van der Waals surface area contributed by atoms with Crippen LogP contribution >= 0.6 is 0 Å². The highest BCUT2D eigenvalue weighted by Gasteiger charge is 1.93. The quantitative estimate of drug-likeness (QED) is 0.458. The van der Waals surface area contributed by atoms with Crippen LogP contribution in [0.5, 0.6) is 0 Å². The summed E-state index contributed by atoms with van der Waals surface area (Å²) >= 11 is 0. The maximum Gasteiger partial charge on any atom is 0.334 e. The Balaban J connectivity index is 2.45. The topological polar surface area (TPSA) is 84.2 Å². The minimum atomic E-state index is -0.375. The second-order valence-corrected chi connectivity index (χ2v) is 2.27. The first-order chi connectivity index (χ1) is 6.22. The molecule has 13 heavy (non-hydrogen) atoms. The fourth-order valence-corrected chi connectivity index (χ4v) is 0.637. The molecule has 7 nitrogen and oxygen atoms in total. The molecule has 70 valence electrons. The van der Waals surface area contributed by atoms with Gasteiger partial charge in [0.15, 0.2) is 0 Å². The van der Waals surface area contributed by atoms with E-state index in [9.17, 15) is 4.79 Å². The second-order valence-electron chi connectivity index (χ2n) is 2.27. The third kappa shape index (κ3) is 2.89. The zero-order valence-corrected chi connectivity index (χ0v) is 7.35. The predicted octanol–water partition coefficient (Wildman–Crippen LogP) is -0.922. The fraction of sp³-hybridized carbons (Fsp3) is 0.333. The largest absolute Gasteiger partial charge is 0.340 e. The number of nitrogens with zero attached hydrogens (tertiary/aromatic N) is 4. The number of urea groups is 1. The molecule has 0 aliphatic rings. The maximum atomic E-state index is 10.6. The summed E-state index contributed by atoms with van der Waals surface area (Å²) in [5, 5.41) is 13.4. The Labute approximate surface area is 74.8 Å². The van der Waals surface area contributed by atoms with Crippen molar-refractivity contribution < 1.29 is 4.79 Å². The average molecular weight is 182 g/mol. The molecule has 0 saturated carbocycles. The van der Waals surface area contributed by atoms with Gasteiger partial charge in [-0.1, -0.05) is 5.21 Å². The molecular weight excluding hydrogens is 172 g/mol. The van der Waals surface area contributed by atoms with Crippen LogP contribution in [0.4, 0.5) is 4.79 Å². The molecule has 0 aliphatic carbocycles. The van der Waals surface area contributed by atoms with Crippen molar-refractivity contribution in [2.45, 2.75) is 0 Å². The van der Waals surface area contributed by atoms with E-state index in [1.807, 2.05) is 0 Å². The van der Waals surface area contributed by atoms with Crippen LogP contribution in [0, 0.1) is 0 Å². The Morgan fingerprint density at radius 2 is 2.54 bits per heavy atom. The first-order valence-electron chi connectivity index (χ1n) is 3.59. The van der Waals surface area contributed by atoms with Crippen molar-refractivity contribution in [1.29, 1.82) is 0 Å². The maximum absolute atomic E-state index is 10.6. The zero-order valence-electron chi connectivity index (χ0n) is 7.35.